The van der Waals surface area contributed by atoms with Crippen molar-refractivity contribution in [3.8, 4) is 5.75 Å². The Morgan fingerprint density at radius 2 is 1.77 bits per heavy atom. The maximum Gasteiger partial charge on any atom is 0.262 e. The fraction of sp³-hybridized carbons (Fsp3) is 0.235. The first-order chi connectivity index (χ1) is 12.4. The summed E-state index contributed by atoms with van der Waals surface area (Å²) in [5, 5.41) is 25.6. The van der Waals surface area contributed by atoms with E-state index in [2.05, 4.69) is 0 Å². The highest BCUT2D eigenvalue weighted by molar-refractivity contribution is 7.89. The minimum atomic E-state index is -3.94. The molecule has 1 atom stereocenters. The first-order valence-corrected chi connectivity index (χ1v) is 9.14. The summed E-state index contributed by atoms with van der Waals surface area (Å²) in [4.78, 5) is 12.1. The van der Waals surface area contributed by atoms with E-state index in [1.165, 1.54) is 29.7 Å². The molecule has 26 heavy (non-hydrogen) atoms. The minimum absolute atomic E-state index is 0.0240. The Kier molecular flexibility index (Phi) is 6.32. The standard InChI is InChI=1S/C16H16N2O5S.CH4O/c19-13-7-6-11-9-15(16(20)17-21)18(10-12(11)8-13)24(22,23)14-4-2-1-3-5-14;1-2/h1-8,15,19,21H,9-10H2,(H,17,20);2H,1H3/t15-;/m1./s1. The molecule has 140 valence electrons. The number of aliphatic hydroxyl groups excluding tert-OH is 1. The summed E-state index contributed by atoms with van der Waals surface area (Å²) in [6.07, 6.45) is 0.105. The number of fused-ring (bicyclic) bond motifs is 1. The van der Waals surface area contributed by atoms with E-state index >= 15 is 0 Å². The third-order valence-corrected chi connectivity index (χ3v) is 5.91. The van der Waals surface area contributed by atoms with Crippen LogP contribution in [0, 0.1) is 0 Å². The van der Waals surface area contributed by atoms with Crippen molar-refractivity contribution in [2.75, 3.05) is 7.11 Å². The number of rotatable bonds is 3. The van der Waals surface area contributed by atoms with Crippen molar-refractivity contribution in [1.29, 1.82) is 0 Å². The second-order valence-electron chi connectivity index (χ2n) is 5.51. The molecular formula is C17H20N2O6S. The van der Waals surface area contributed by atoms with Gasteiger partial charge in [-0.3, -0.25) is 10.0 Å². The quantitative estimate of drug-likeness (QED) is 0.457. The Morgan fingerprint density at radius 3 is 2.38 bits per heavy atom. The van der Waals surface area contributed by atoms with Gasteiger partial charge in [0, 0.05) is 13.7 Å². The van der Waals surface area contributed by atoms with Crippen LogP contribution in [0.1, 0.15) is 11.1 Å². The van der Waals surface area contributed by atoms with Crippen LogP contribution in [0.2, 0.25) is 0 Å². The van der Waals surface area contributed by atoms with Crippen molar-refractivity contribution < 1.29 is 28.6 Å². The maximum atomic E-state index is 12.9. The molecule has 1 aliphatic heterocycles. The van der Waals surface area contributed by atoms with Gasteiger partial charge in [0.1, 0.15) is 11.8 Å². The highest BCUT2D eigenvalue weighted by atomic mass is 32.2. The van der Waals surface area contributed by atoms with E-state index in [9.17, 15) is 18.3 Å². The summed E-state index contributed by atoms with van der Waals surface area (Å²) in [5.74, 6) is -0.774. The molecular weight excluding hydrogens is 360 g/mol. The number of hydrogen-bond donors (Lipinski definition) is 4. The molecule has 1 aliphatic rings. The number of carbonyl (C=O) groups is 1. The number of aliphatic hydroxyl groups is 1. The van der Waals surface area contributed by atoms with Crippen molar-refractivity contribution in [2.45, 2.75) is 23.9 Å². The van der Waals surface area contributed by atoms with Crippen molar-refractivity contribution in [2.24, 2.45) is 0 Å². The number of nitrogens with one attached hydrogen (secondary N) is 1. The molecule has 0 bridgehead atoms. The zero-order chi connectivity index (χ0) is 19.3. The number of benzene rings is 2. The van der Waals surface area contributed by atoms with Crippen molar-refractivity contribution in [3.63, 3.8) is 0 Å². The van der Waals surface area contributed by atoms with E-state index in [1.807, 2.05) is 0 Å². The lowest BCUT2D eigenvalue weighted by Crippen LogP contribution is -2.51. The molecule has 0 saturated carbocycles. The lowest BCUT2D eigenvalue weighted by Gasteiger charge is -2.34. The second kappa shape index (κ2) is 8.28. The van der Waals surface area contributed by atoms with Crippen molar-refractivity contribution in [1.82, 2.24) is 9.79 Å². The molecule has 1 heterocycles. The smallest absolute Gasteiger partial charge is 0.262 e. The number of amides is 1. The predicted octanol–water partition coefficient (Wildman–Crippen LogP) is 0.622. The van der Waals surface area contributed by atoms with Crippen LogP contribution in [-0.4, -0.2) is 47.2 Å². The molecule has 4 N–H and O–H groups in total. The number of sulfonamides is 1. The van der Waals surface area contributed by atoms with Gasteiger partial charge in [0.2, 0.25) is 10.0 Å². The highest BCUT2D eigenvalue weighted by Crippen LogP contribution is 2.31. The van der Waals surface area contributed by atoms with Gasteiger partial charge in [-0.1, -0.05) is 24.3 Å². The summed E-state index contributed by atoms with van der Waals surface area (Å²) in [5.41, 5.74) is 2.91. The largest absolute Gasteiger partial charge is 0.508 e. The molecule has 8 nitrogen and oxygen atoms in total. The number of phenols is 1. The number of phenolic OH excluding ortho intramolecular Hbond substituents is 1. The van der Waals surface area contributed by atoms with Gasteiger partial charge in [-0.15, -0.1) is 0 Å². The van der Waals surface area contributed by atoms with Crippen LogP contribution in [0.3, 0.4) is 0 Å². The molecule has 2 aromatic rings. The zero-order valence-electron chi connectivity index (χ0n) is 14.0. The second-order valence-corrected chi connectivity index (χ2v) is 7.40. The maximum absolute atomic E-state index is 12.9. The SMILES string of the molecule is CO.O=C(NO)[C@H]1Cc2ccc(O)cc2CN1S(=O)(=O)c1ccccc1. The molecule has 0 spiro atoms. The molecule has 0 aliphatic carbocycles. The lowest BCUT2D eigenvalue weighted by atomic mass is 9.95. The van der Waals surface area contributed by atoms with Crippen LogP contribution in [0.4, 0.5) is 0 Å². The van der Waals surface area contributed by atoms with Gasteiger partial charge >= 0.3 is 0 Å². The molecule has 0 saturated heterocycles. The number of hydroxylamine groups is 1. The Hall–Kier alpha value is -2.46. The van der Waals surface area contributed by atoms with Gasteiger partial charge in [-0.2, -0.15) is 4.31 Å². The van der Waals surface area contributed by atoms with Crippen LogP contribution in [-0.2, 0) is 27.8 Å². The Labute approximate surface area is 151 Å². The Bertz CT molecular complexity index is 870. The summed E-state index contributed by atoms with van der Waals surface area (Å²) in [7, 11) is -2.94. The molecule has 1 amide bonds. The van der Waals surface area contributed by atoms with Gasteiger partial charge in [0.15, 0.2) is 0 Å². The average Bonchev–Trinajstić information content (AvgIpc) is 2.68. The number of nitrogens with zero attached hydrogens (tertiary/aromatic N) is 1. The zero-order valence-corrected chi connectivity index (χ0v) is 14.8. The lowest BCUT2D eigenvalue weighted by molar-refractivity contribution is -0.133. The van der Waals surface area contributed by atoms with Gasteiger partial charge in [-0.05, 0) is 41.8 Å². The minimum Gasteiger partial charge on any atom is -0.508 e. The normalized spacial score (nSPS) is 16.8. The van der Waals surface area contributed by atoms with Crippen molar-refractivity contribution in [3.05, 3.63) is 59.7 Å². The average molecular weight is 380 g/mol. The van der Waals surface area contributed by atoms with E-state index in [0.717, 1.165) is 17.0 Å². The topological polar surface area (TPSA) is 127 Å². The molecule has 0 fully saturated rings. The van der Waals surface area contributed by atoms with Gasteiger partial charge in [-0.25, -0.2) is 13.9 Å². The number of carbonyl (C=O) groups excluding carboxylic acids is 1. The summed E-state index contributed by atoms with van der Waals surface area (Å²) in [6.45, 7) is -0.0704. The van der Waals surface area contributed by atoms with E-state index in [0.29, 0.717) is 5.56 Å². The van der Waals surface area contributed by atoms with Gasteiger partial charge in [0.05, 0.1) is 4.90 Å². The first-order valence-electron chi connectivity index (χ1n) is 7.70. The molecule has 0 radical (unpaired) electrons. The molecule has 2 aromatic carbocycles. The first kappa shape index (κ1) is 19.9. The van der Waals surface area contributed by atoms with Crippen LogP contribution in [0.15, 0.2) is 53.4 Å². The van der Waals surface area contributed by atoms with Gasteiger partial charge < -0.3 is 10.2 Å². The third-order valence-electron chi connectivity index (χ3n) is 4.04. The number of hydrogen-bond acceptors (Lipinski definition) is 6. The fourth-order valence-electron chi connectivity index (χ4n) is 2.83. The summed E-state index contributed by atoms with van der Waals surface area (Å²) in [6, 6.07) is 11.3. The molecule has 0 aromatic heterocycles. The van der Waals surface area contributed by atoms with Crippen LogP contribution < -0.4 is 5.48 Å². The third kappa shape index (κ3) is 3.86. The van der Waals surface area contributed by atoms with E-state index in [4.69, 9.17) is 10.3 Å². The van der Waals surface area contributed by atoms with E-state index < -0.39 is 22.0 Å². The predicted molar refractivity (Wildman–Crippen MR) is 92.8 cm³/mol. The summed E-state index contributed by atoms with van der Waals surface area (Å²) >= 11 is 0. The van der Waals surface area contributed by atoms with Crippen LogP contribution >= 0.6 is 0 Å². The van der Waals surface area contributed by atoms with Crippen molar-refractivity contribution >= 4 is 15.9 Å². The van der Waals surface area contributed by atoms with Crippen LogP contribution in [0.25, 0.3) is 0 Å². The molecule has 0 unspecified atom stereocenters. The fourth-order valence-corrected chi connectivity index (χ4v) is 4.41. The van der Waals surface area contributed by atoms with Crippen LogP contribution in [0.5, 0.6) is 5.75 Å². The van der Waals surface area contributed by atoms with E-state index in [-0.39, 0.29) is 23.6 Å². The highest BCUT2D eigenvalue weighted by Gasteiger charge is 2.39. The van der Waals surface area contributed by atoms with Gasteiger partial charge in [0.25, 0.3) is 5.91 Å². The summed E-state index contributed by atoms with van der Waals surface area (Å²) < 4.78 is 26.9. The number of aromatic hydroxyl groups is 1. The molecule has 3 rings (SSSR count). The Morgan fingerprint density at radius 1 is 1.12 bits per heavy atom. The Balaban J connectivity index is 0.00000117. The molecule has 9 heteroatoms. The monoisotopic (exact) mass is 380 g/mol. The van der Waals surface area contributed by atoms with E-state index in [1.54, 1.807) is 24.3 Å².